The molecule has 0 unspecified atom stereocenters. The second-order valence-electron chi connectivity index (χ2n) is 5.76. The standard InChI is InChI=1S/C18H18Cl4O/c1-18(2,13-5-3-12(11-20)4-6-13)14-9-16(22)17(10-15(14)21)23-8-7-19/h3-6,9-10H,7-8,11H2,1-2H3. The van der Waals surface area contributed by atoms with Gasteiger partial charge < -0.3 is 4.74 Å². The highest BCUT2D eigenvalue weighted by atomic mass is 35.5. The maximum Gasteiger partial charge on any atom is 0.139 e. The number of halogens is 4. The summed E-state index contributed by atoms with van der Waals surface area (Å²) in [5.41, 5.74) is 2.87. The van der Waals surface area contributed by atoms with Crippen LogP contribution >= 0.6 is 46.4 Å². The molecular weight excluding hydrogens is 374 g/mol. The second-order valence-corrected chi connectivity index (χ2v) is 7.22. The van der Waals surface area contributed by atoms with Crippen LogP contribution in [0.4, 0.5) is 0 Å². The zero-order valence-electron chi connectivity index (χ0n) is 13.0. The number of hydrogen-bond acceptors (Lipinski definition) is 1. The first-order valence-corrected chi connectivity index (χ1v) is 9.06. The minimum Gasteiger partial charge on any atom is -0.491 e. The molecular formula is C18H18Cl4O. The smallest absolute Gasteiger partial charge is 0.139 e. The van der Waals surface area contributed by atoms with Crippen LogP contribution in [0, 0.1) is 0 Å². The highest BCUT2D eigenvalue weighted by Gasteiger charge is 2.27. The predicted octanol–water partition coefficient (Wildman–Crippen LogP) is 6.68. The van der Waals surface area contributed by atoms with E-state index in [0.717, 1.165) is 16.7 Å². The van der Waals surface area contributed by atoms with Crippen molar-refractivity contribution in [2.24, 2.45) is 0 Å². The molecule has 0 aliphatic rings. The van der Waals surface area contributed by atoms with E-state index >= 15 is 0 Å². The molecule has 2 aromatic carbocycles. The summed E-state index contributed by atoms with van der Waals surface area (Å²) in [7, 11) is 0. The first-order chi connectivity index (χ1) is 10.9. The summed E-state index contributed by atoms with van der Waals surface area (Å²) in [5.74, 6) is 1.45. The van der Waals surface area contributed by atoms with Crippen LogP contribution in [0.2, 0.25) is 10.0 Å². The Hall–Kier alpha value is -0.600. The third kappa shape index (κ3) is 4.28. The Morgan fingerprint density at radius 2 is 1.61 bits per heavy atom. The summed E-state index contributed by atoms with van der Waals surface area (Å²) in [6, 6.07) is 11.8. The third-order valence-electron chi connectivity index (χ3n) is 3.86. The van der Waals surface area contributed by atoms with Gasteiger partial charge in [-0.2, -0.15) is 0 Å². The fourth-order valence-electron chi connectivity index (χ4n) is 2.43. The van der Waals surface area contributed by atoms with Crippen molar-refractivity contribution in [3.63, 3.8) is 0 Å². The summed E-state index contributed by atoms with van der Waals surface area (Å²) in [6.45, 7) is 4.61. The van der Waals surface area contributed by atoms with Crippen LogP contribution in [0.5, 0.6) is 5.75 Å². The Balaban J connectivity index is 2.40. The van der Waals surface area contributed by atoms with E-state index in [1.165, 1.54) is 0 Å². The molecule has 0 radical (unpaired) electrons. The molecule has 0 saturated carbocycles. The summed E-state index contributed by atoms with van der Waals surface area (Å²) >= 11 is 24.3. The molecule has 0 spiro atoms. The Bertz CT molecular complexity index is 665. The summed E-state index contributed by atoms with van der Waals surface area (Å²) in [4.78, 5) is 0. The average molecular weight is 392 g/mol. The van der Waals surface area contributed by atoms with Crippen LogP contribution in [0.15, 0.2) is 36.4 Å². The predicted molar refractivity (Wildman–Crippen MR) is 101 cm³/mol. The van der Waals surface area contributed by atoms with Crippen LogP contribution in [0.25, 0.3) is 0 Å². The molecule has 0 aromatic heterocycles. The highest BCUT2D eigenvalue weighted by molar-refractivity contribution is 6.35. The van der Waals surface area contributed by atoms with Crippen LogP contribution < -0.4 is 4.74 Å². The molecule has 0 bridgehead atoms. The van der Waals surface area contributed by atoms with Gasteiger partial charge in [0.15, 0.2) is 0 Å². The van der Waals surface area contributed by atoms with E-state index < -0.39 is 0 Å². The van der Waals surface area contributed by atoms with E-state index in [-0.39, 0.29) is 5.41 Å². The van der Waals surface area contributed by atoms with Gasteiger partial charge in [-0.25, -0.2) is 0 Å². The maximum atomic E-state index is 6.48. The van der Waals surface area contributed by atoms with Gasteiger partial charge in [0.05, 0.1) is 10.9 Å². The van der Waals surface area contributed by atoms with Crippen molar-refractivity contribution in [3.05, 3.63) is 63.1 Å². The first kappa shape index (κ1) is 18.7. The fourth-order valence-corrected chi connectivity index (χ4v) is 3.30. The molecule has 0 fully saturated rings. The third-order valence-corrected chi connectivity index (χ3v) is 4.93. The SMILES string of the molecule is CC(C)(c1ccc(CCl)cc1)c1cc(Cl)c(OCCCl)cc1Cl. The van der Waals surface area contributed by atoms with Crippen molar-refractivity contribution in [3.8, 4) is 5.75 Å². The lowest BCUT2D eigenvalue weighted by Crippen LogP contribution is -2.19. The van der Waals surface area contributed by atoms with Gasteiger partial charge in [0, 0.05) is 22.4 Å². The lowest BCUT2D eigenvalue weighted by molar-refractivity contribution is 0.343. The maximum absolute atomic E-state index is 6.48. The van der Waals surface area contributed by atoms with Crippen LogP contribution in [-0.2, 0) is 11.3 Å². The number of benzene rings is 2. The zero-order chi connectivity index (χ0) is 17.0. The number of hydrogen-bond donors (Lipinski definition) is 0. The molecule has 2 aromatic rings. The van der Waals surface area contributed by atoms with E-state index in [9.17, 15) is 0 Å². The van der Waals surface area contributed by atoms with Gasteiger partial charge in [0.25, 0.3) is 0 Å². The Labute approximate surface area is 157 Å². The number of alkyl halides is 2. The minimum atomic E-state index is -0.295. The molecule has 0 heterocycles. The lowest BCUT2D eigenvalue weighted by atomic mass is 9.78. The van der Waals surface area contributed by atoms with Gasteiger partial charge in [-0.1, -0.05) is 61.3 Å². The molecule has 124 valence electrons. The molecule has 2 rings (SSSR count). The van der Waals surface area contributed by atoms with Crippen molar-refractivity contribution in [2.75, 3.05) is 12.5 Å². The van der Waals surface area contributed by atoms with Gasteiger partial charge in [-0.05, 0) is 22.8 Å². The first-order valence-electron chi connectivity index (χ1n) is 7.23. The van der Waals surface area contributed by atoms with Gasteiger partial charge in [0.2, 0.25) is 0 Å². The number of rotatable bonds is 6. The molecule has 0 N–H and O–H groups in total. The van der Waals surface area contributed by atoms with Crippen LogP contribution in [0.1, 0.15) is 30.5 Å². The molecule has 0 amide bonds. The van der Waals surface area contributed by atoms with Crippen molar-refractivity contribution >= 4 is 46.4 Å². The normalized spacial score (nSPS) is 11.6. The Kier molecular flexibility index (Phi) is 6.50. The summed E-state index contributed by atoms with van der Waals surface area (Å²) in [5, 5.41) is 1.14. The van der Waals surface area contributed by atoms with Crippen LogP contribution in [0.3, 0.4) is 0 Å². The quantitative estimate of drug-likeness (QED) is 0.499. The molecule has 1 nitrogen and oxygen atoms in total. The van der Waals surface area contributed by atoms with E-state index in [1.54, 1.807) is 6.07 Å². The summed E-state index contributed by atoms with van der Waals surface area (Å²) < 4.78 is 5.51. The highest BCUT2D eigenvalue weighted by Crippen LogP contribution is 2.40. The van der Waals surface area contributed by atoms with E-state index in [2.05, 4.69) is 26.0 Å². The minimum absolute atomic E-state index is 0.295. The Morgan fingerprint density at radius 3 is 2.17 bits per heavy atom. The van der Waals surface area contributed by atoms with Gasteiger partial charge in [-0.15, -0.1) is 23.2 Å². The topological polar surface area (TPSA) is 9.23 Å². The van der Waals surface area contributed by atoms with Gasteiger partial charge in [0.1, 0.15) is 12.4 Å². The van der Waals surface area contributed by atoms with E-state index in [1.807, 2.05) is 18.2 Å². The van der Waals surface area contributed by atoms with Crippen molar-refractivity contribution in [2.45, 2.75) is 25.1 Å². The molecule has 0 atom stereocenters. The van der Waals surface area contributed by atoms with Gasteiger partial charge in [-0.3, -0.25) is 0 Å². The van der Waals surface area contributed by atoms with E-state index in [4.69, 9.17) is 51.1 Å². The van der Waals surface area contributed by atoms with Crippen molar-refractivity contribution in [1.82, 2.24) is 0 Å². The second kappa shape index (κ2) is 7.98. The number of ether oxygens (including phenoxy) is 1. The molecule has 0 aliphatic carbocycles. The van der Waals surface area contributed by atoms with Crippen molar-refractivity contribution in [1.29, 1.82) is 0 Å². The largest absolute Gasteiger partial charge is 0.491 e. The van der Waals surface area contributed by atoms with Gasteiger partial charge >= 0.3 is 0 Å². The zero-order valence-corrected chi connectivity index (χ0v) is 16.0. The fraction of sp³-hybridized carbons (Fsp3) is 0.333. The molecule has 5 heteroatoms. The lowest BCUT2D eigenvalue weighted by Gasteiger charge is -2.28. The molecule has 0 saturated heterocycles. The summed E-state index contributed by atoms with van der Waals surface area (Å²) in [6.07, 6.45) is 0. The Morgan fingerprint density at radius 1 is 0.957 bits per heavy atom. The van der Waals surface area contributed by atoms with Crippen LogP contribution in [-0.4, -0.2) is 12.5 Å². The van der Waals surface area contributed by atoms with E-state index in [0.29, 0.717) is 34.2 Å². The monoisotopic (exact) mass is 390 g/mol. The van der Waals surface area contributed by atoms with Crippen molar-refractivity contribution < 1.29 is 4.74 Å². The average Bonchev–Trinajstić information content (AvgIpc) is 2.55. The molecule has 23 heavy (non-hydrogen) atoms. The molecule has 0 aliphatic heterocycles.